The molecule has 2 unspecified atom stereocenters. The van der Waals surface area contributed by atoms with Crippen LogP contribution < -0.4 is 4.90 Å². The maximum Gasteiger partial charge on any atom is 0.135 e. The SMILES string of the molecule is Fc1ccc(N2CC(F)C(N(Cc3ccccc3)Cc3ccccc3)C2)cc1. The quantitative estimate of drug-likeness (QED) is 0.592. The lowest BCUT2D eigenvalue weighted by molar-refractivity contribution is 0.129. The van der Waals surface area contributed by atoms with E-state index < -0.39 is 6.17 Å². The first-order valence-corrected chi connectivity index (χ1v) is 9.65. The third kappa shape index (κ3) is 4.39. The van der Waals surface area contributed by atoms with Crippen LogP contribution in [0.15, 0.2) is 84.9 Å². The average Bonchev–Trinajstić information content (AvgIpc) is 3.11. The van der Waals surface area contributed by atoms with Gasteiger partial charge in [0.2, 0.25) is 0 Å². The van der Waals surface area contributed by atoms with Crippen LogP contribution in [-0.2, 0) is 13.1 Å². The van der Waals surface area contributed by atoms with E-state index in [2.05, 4.69) is 29.2 Å². The fourth-order valence-electron chi connectivity index (χ4n) is 3.88. The summed E-state index contributed by atoms with van der Waals surface area (Å²) in [5.41, 5.74) is 3.21. The van der Waals surface area contributed by atoms with Crippen LogP contribution in [0.4, 0.5) is 14.5 Å². The molecule has 3 aromatic carbocycles. The summed E-state index contributed by atoms with van der Waals surface area (Å²) in [6.45, 7) is 2.30. The van der Waals surface area contributed by atoms with Gasteiger partial charge in [-0.3, -0.25) is 4.90 Å². The number of alkyl halides is 1. The second-order valence-electron chi connectivity index (χ2n) is 7.34. The van der Waals surface area contributed by atoms with E-state index in [1.54, 1.807) is 12.1 Å². The smallest absolute Gasteiger partial charge is 0.135 e. The predicted molar refractivity (Wildman–Crippen MR) is 109 cm³/mol. The molecule has 2 atom stereocenters. The number of anilines is 1. The Hall–Kier alpha value is -2.72. The highest BCUT2D eigenvalue weighted by atomic mass is 19.1. The molecule has 1 heterocycles. The van der Waals surface area contributed by atoms with Crippen molar-refractivity contribution in [3.63, 3.8) is 0 Å². The molecule has 2 nitrogen and oxygen atoms in total. The number of nitrogens with zero attached hydrogens (tertiary/aromatic N) is 2. The Bertz CT molecular complexity index is 827. The average molecular weight is 378 g/mol. The van der Waals surface area contributed by atoms with Gasteiger partial charge in [-0.05, 0) is 35.4 Å². The van der Waals surface area contributed by atoms with Gasteiger partial charge < -0.3 is 4.90 Å². The van der Waals surface area contributed by atoms with Crippen molar-refractivity contribution in [3.05, 3.63) is 102 Å². The van der Waals surface area contributed by atoms with E-state index in [0.717, 1.165) is 5.69 Å². The zero-order chi connectivity index (χ0) is 19.3. The molecular weight excluding hydrogens is 354 g/mol. The highest BCUT2D eigenvalue weighted by Crippen LogP contribution is 2.27. The minimum atomic E-state index is -0.961. The number of hydrogen-bond donors (Lipinski definition) is 0. The second kappa shape index (κ2) is 8.53. The Morgan fingerprint density at radius 1 is 0.750 bits per heavy atom. The van der Waals surface area contributed by atoms with Gasteiger partial charge in [-0.25, -0.2) is 8.78 Å². The maximum absolute atomic E-state index is 15.1. The molecule has 0 amide bonds. The molecule has 0 radical (unpaired) electrons. The fourth-order valence-corrected chi connectivity index (χ4v) is 3.88. The highest BCUT2D eigenvalue weighted by Gasteiger charge is 2.37. The molecule has 0 aliphatic carbocycles. The van der Waals surface area contributed by atoms with Crippen molar-refractivity contribution in [2.75, 3.05) is 18.0 Å². The van der Waals surface area contributed by atoms with E-state index in [0.29, 0.717) is 26.2 Å². The molecule has 1 fully saturated rings. The monoisotopic (exact) mass is 378 g/mol. The van der Waals surface area contributed by atoms with Crippen molar-refractivity contribution in [1.82, 2.24) is 4.90 Å². The first kappa shape index (κ1) is 18.6. The summed E-state index contributed by atoms with van der Waals surface area (Å²) >= 11 is 0. The summed E-state index contributed by atoms with van der Waals surface area (Å²) in [7, 11) is 0. The Balaban J connectivity index is 1.55. The van der Waals surface area contributed by atoms with E-state index in [1.807, 2.05) is 41.3 Å². The van der Waals surface area contributed by atoms with Crippen LogP contribution in [-0.4, -0.2) is 30.2 Å². The van der Waals surface area contributed by atoms with Gasteiger partial charge in [0.15, 0.2) is 0 Å². The number of halogens is 2. The molecular formula is C24H24F2N2. The minimum Gasteiger partial charge on any atom is -0.367 e. The Kier molecular flexibility index (Phi) is 5.68. The summed E-state index contributed by atoms with van der Waals surface area (Å²) < 4.78 is 28.3. The maximum atomic E-state index is 15.1. The summed E-state index contributed by atoms with van der Waals surface area (Å²) in [5, 5.41) is 0. The molecule has 1 aliphatic heterocycles. The van der Waals surface area contributed by atoms with Gasteiger partial charge in [0.1, 0.15) is 12.0 Å². The van der Waals surface area contributed by atoms with Crippen LogP contribution in [0.25, 0.3) is 0 Å². The van der Waals surface area contributed by atoms with Gasteiger partial charge in [0.05, 0.1) is 12.6 Å². The first-order chi connectivity index (χ1) is 13.7. The number of hydrogen-bond acceptors (Lipinski definition) is 2. The van der Waals surface area contributed by atoms with Gasteiger partial charge in [-0.15, -0.1) is 0 Å². The topological polar surface area (TPSA) is 6.48 Å². The van der Waals surface area contributed by atoms with Crippen LogP contribution in [0.1, 0.15) is 11.1 Å². The molecule has 4 heteroatoms. The van der Waals surface area contributed by atoms with Crippen molar-refractivity contribution in [1.29, 1.82) is 0 Å². The summed E-state index contributed by atoms with van der Waals surface area (Å²) in [6, 6.07) is 26.5. The van der Waals surface area contributed by atoms with E-state index in [1.165, 1.54) is 23.3 Å². The summed E-state index contributed by atoms with van der Waals surface area (Å²) in [4.78, 5) is 4.23. The third-order valence-electron chi connectivity index (χ3n) is 5.34. The van der Waals surface area contributed by atoms with Crippen LogP contribution in [0.2, 0.25) is 0 Å². The molecule has 0 saturated carbocycles. The molecule has 1 saturated heterocycles. The van der Waals surface area contributed by atoms with Gasteiger partial charge in [-0.2, -0.15) is 0 Å². The zero-order valence-corrected chi connectivity index (χ0v) is 15.7. The van der Waals surface area contributed by atoms with Gasteiger partial charge in [0, 0.05) is 25.3 Å². The van der Waals surface area contributed by atoms with Crippen LogP contribution in [0, 0.1) is 5.82 Å². The number of benzene rings is 3. The molecule has 144 valence electrons. The Morgan fingerprint density at radius 2 is 1.29 bits per heavy atom. The molecule has 0 spiro atoms. The molecule has 4 rings (SSSR count). The fraction of sp³-hybridized carbons (Fsp3) is 0.250. The van der Waals surface area contributed by atoms with Crippen molar-refractivity contribution >= 4 is 5.69 Å². The van der Waals surface area contributed by atoms with E-state index >= 15 is 4.39 Å². The standard InChI is InChI=1S/C24H24F2N2/c25-21-11-13-22(14-12-21)27-17-23(26)24(18-27)28(15-19-7-3-1-4-8-19)16-20-9-5-2-6-10-20/h1-14,23-24H,15-18H2. The molecule has 0 N–H and O–H groups in total. The predicted octanol–water partition coefficient (Wildman–Crippen LogP) is 5.05. The first-order valence-electron chi connectivity index (χ1n) is 9.65. The molecule has 3 aromatic rings. The largest absolute Gasteiger partial charge is 0.367 e. The normalized spacial score (nSPS) is 19.3. The van der Waals surface area contributed by atoms with Gasteiger partial charge in [-0.1, -0.05) is 60.7 Å². The highest BCUT2D eigenvalue weighted by molar-refractivity contribution is 5.48. The van der Waals surface area contributed by atoms with E-state index in [-0.39, 0.29) is 11.9 Å². The zero-order valence-electron chi connectivity index (χ0n) is 15.7. The molecule has 0 bridgehead atoms. The van der Waals surface area contributed by atoms with Gasteiger partial charge >= 0.3 is 0 Å². The lowest BCUT2D eigenvalue weighted by atomic mass is 10.1. The summed E-state index contributed by atoms with van der Waals surface area (Å²) in [5.74, 6) is -0.272. The van der Waals surface area contributed by atoms with Gasteiger partial charge in [0.25, 0.3) is 0 Å². The number of rotatable bonds is 6. The Morgan fingerprint density at radius 3 is 1.82 bits per heavy atom. The van der Waals surface area contributed by atoms with Crippen molar-refractivity contribution in [2.24, 2.45) is 0 Å². The second-order valence-corrected chi connectivity index (χ2v) is 7.34. The molecule has 0 aromatic heterocycles. The summed E-state index contributed by atoms with van der Waals surface area (Å²) in [6.07, 6.45) is -0.961. The van der Waals surface area contributed by atoms with Crippen LogP contribution in [0.5, 0.6) is 0 Å². The van der Waals surface area contributed by atoms with E-state index in [4.69, 9.17) is 0 Å². The third-order valence-corrected chi connectivity index (χ3v) is 5.34. The lowest BCUT2D eigenvalue weighted by Crippen LogP contribution is -2.41. The molecule has 28 heavy (non-hydrogen) atoms. The minimum absolute atomic E-state index is 0.217. The van der Waals surface area contributed by atoms with Crippen molar-refractivity contribution < 1.29 is 8.78 Å². The lowest BCUT2D eigenvalue weighted by Gasteiger charge is -2.30. The van der Waals surface area contributed by atoms with Crippen molar-refractivity contribution in [3.8, 4) is 0 Å². The van der Waals surface area contributed by atoms with E-state index in [9.17, 15) is 4.39 Å². The van der Waals surface area contributed by atoms with Crippen molar-refractivity contribution in [2.45, 2.75) is 25.3 Å². The van der Waals surface area contributed by atoms with Crippen LogP contribution in [0.3, 0.4) is 0 Å². The Labute approximate surface area is 165 Å². The molecule has 1 aliphatic rings. The van der Waals surface area contributed by atoms with Crippen LogP contribution >= 0.6 is 0 Å².